The van der Waals surface area contributed by atoms with Gasteiger partial charge in [-0.25, -0.2) is 8.42 Å². The highest BCUT2D eigenvalue weighted by atomic mass is 32.2. The molecule has 0 spiro atoms. The Morgan fingerprint density at radius 1 is 0.879 bits per heavy atom. The fourth-order valence-corrected chi connectivity index (χ4v) is 6.06. The van der Waals surface area contributed by atoms with Gasteiger partial charge in [-0.2, -0.15) is 4.31 Å². The summed E-state index contributed by atoms with van der Waals surface area (Å²) in [6.45, 7) is 3.50. The molecule has 2 aliphatic heterocycles. The van der Waals surface area contributed by atoms with Crippen LogP contribution in [0, 0.1) is 10.1 Å². The summed E-state index contributed by atoms with van der Waals surface area (Å²) in [6.07, 6.45) is 3.65. The van der Waals surface area contributed by atoms with Gasteiger partial charge in [0.1, 0.15) is 11.4 Å². The number of anilines is 2. The van der Waals surface area contributed by atoms with Crippen molar-refractivity contribution in [3.8, 4) is 5.75 Å². The lowest BCUT2D eigenvalue weighted by Crippen LogP contribution is -2.46. The van der Waals surface area contributed by atoms with Gasteiger partial charge >= 0.3 is 0 Å². The van der Waals surface area contributed by atoms with Crippen molar-refractivity contribution in [2.45, 2.75) is 30.6 Å². The Morgan fingerprint density at radius 3 is 2.18 bits per heavy atom. The van der Waals surface area contributed by atoms with Gasteiger partial charge in [-0.3, -0.25) is 10.1 Å². The number of hydrogen-bond acceptors (Lipinski definition) is 7. The van der Waals surface area contributed by atoms with Crippen LogP contribution in [-0.4, -0.2) is 64.0 Å². The molecule has 4 rings (SSSR count). The van der Waals surface area contributed by atoms with Crippen LogP contribution in [-0.2, 0) is 10.0 Å². The Bertz CT molecular complexity index is 1090. The fraction of sp³-hybridized carbons (Fsp3) is 0.478. The lowest BCUT2D eigenvalue weighted by Gasteiger charge is -2.37. The minimum absolute atomic E-state index is 0.00475. The number of nitro benzene ring substituents is 1. The number of nitrogens with zero attached hydrogens (tertiary/aromatic N) is 4. The lowest BCUT2D eigenvalue weighted by molar-refractivity contribution is -0.384. The van der Waals surface area contributed by atoms with Crippen molar-refractivity contribution in [3.05, 3.63) is 52.6 Å². The molecule has 0 aromatic heterocycles. The van der Waals surface area contributed by atoms with Crippen LogP contribution in [0.2, 0.25) is 0 Å². The Kier molecular flexibility index (Phi) is 7.04. The second-order valence-corrected chi connectivity index (χ2v) is 10.3. The Labute approximate surface area is 194 Å². The quantitative estimate of drug-likeness (QED) is 0.467. The molecular weight excluding hydrogens is 444 g/mol. The van der Waals surface area contributed by atoms with Crippen LogP contribution >= 0.6 is 0 Å². The van der Waals surface area contributed by atoms with Crippen molar-refractivity contribution in [1.29, 1.82) is 0 Å². The van der Waals surface area contributed by atoms with Crippen molar-refractivity contribution >= 4 is 27.1 Å². The lowest BCUT2D eigenvalue weighted by atomic mass is 10.2. The van der Waals surface area contributed by atoms with E-state index < -0.39 is 14.9 Å². The van der Waals surface area contributed by atoms with Gasteiger partial charge in [0.25, 0.3) is 5.69 Å². The third-order valence-corrected chi connectivity index (χ3v) is 8.28. The molecule has 0 atom stereocenters. The average molecular weight is 475 g/mol. The van der Waals surface area contributed by atoms with Crippen LogP contribution in [0.5, 0.6) is 5.75 Å². The van der Waals surface area contributed by atoms with Gasteiger partial charge < -0.3 is 14.5 Å². The number of rotatable bonds is 6. The van der Waals surface area contributed by atoms with E-state index in [0.29, 0.717) is 45.0 Å². The highest BCUT2D eigenvalue weighted by Gasteiger charge is 2.30. The van der Waals surface area contributed by atoms with Crippen molar-refractivity contribution in [1.82, 2.24) is 4.31 Å². The first-order valence-electron chi connectivity index (χ1n) is 11.3. The molecule has 0 aliphatic carbocycles. The van der Waals surface area contributed by atoms with Crippen LogP contribution in [0.25, 0.3) is 0 Å². The maximum atomic E-state index is 13.1. The average Bonchev–Trinajstić information content (AvgIpc) is 3.14. The molecule has 33 heavy (non-hydrogen) atoms. The van der Waals surface area contributed by atoms with Crippen LogP contribution in [0.1, 0.15) is 25.7 Å². The number of methoxy groups -OCH3 is 1. The summed E-state index contributed by atoms with van der Waals surface area (Å²) in [5.41, 5.74) is 1.34. The van der Waals surface area contributed by atoms with E-state index in [1.54, 1.807) is 13.2 Å². The van der Waals surface area contributed by atoms with Gasteiger partial charge in [-0.15, -0.1) is 0 Å². The van der Waals surface area contributed by atoms with Gasteiger partial charge in [0, 0.05) is 57.1 Å². The molecule has 0 bridgehead atoms. The molecule has 0 N–H and O–H groups in total. The van der Waals surface area contributed by atoms with Gasteiger partial charge in [0.2, 0.25) is 10.0 Å². The smallest absolute Gasteiger partial charge is 0.293 e. The summed E-state index contributed by atoms with van der Waals surface area (Å²) in [6, 6.07) is 12.1. The molecule has 0 radical (unpaired) electrons. The van der Waals surface area contributed by atoms with Gasteiger partial charge in [-0.1, -0.05) is 18.9 Å². The third-order valence-electron chi connectivity index (χ3n) is 6.39. The number of nitro groups is 1. The molecule has 2 heterocycles. The highest BCUT2D eigenvalue weighted by molar-refractivity contribution is 7.89. The van der Waals surface area contributed by atoms with Crippen molar-refractivity contribution in [2.75, 3.05) is 56.2 Å². The van der Waals surface area contributed by atoms with Gasteiger partial charge in [-0.05, 0) is 37.1 Å². The van der Waals surface area contributed by atoms with E-state index >= 15 is 0 Å². The molecule has 0 unspecified atom stereocenters. The zero-order valence-corrected chi connectivity index (χ0v) is 19.7. The first kappa shape index (κ1) is 23.3. The van der Waals surface area contributed by atoms with Crippen LogP contribution in [0.4, 0.5) is 17.1 Å². The molecule has 2 saturated heterocycles. The zero-order valence-electron chi connectivity index (χ0n) is 18.9. The number of benzene rings is 2. The molecular formula is C23H30N4O5S. The zero-order chi connectivity index (χ0) is 23.4. The molecule has 2 aromatic carbocycles. The second kappa shape index (κ2) is 9.96. The summed E-state index contributed by atoms with van der Waals surface area (Å²) in [5.74, 6) is 0.784. The predicted octanol–water partition coefficient (Wildman–Crippen LogP) is 3.49. The number of piperazine rings is 1. The second-order valence-electron chi connectivity index (χ2n) is 8.40. The number of ether oxygens (including phenoxy) is 1. The molecule has 2 aromatic rings. The summed E-state index contributed by atoms with van der Waals surface area (Å²) in [7, 11) is -2.12. The van der Waals surface area contributed by atoms with Gasteiger partial charge in [0.15, 0.2) is 0 Å². The maximum absolute atomic E-state index is 13.1. The Hall–Kier alpha value is -2.85. The summed E-state index contributed by atoms with van der Waals surface area (Å²) in [4.78, 5) is 15.6. The normalized spacial score (nSPS) is 18.1. The van der Waals surface area contributed by atoms with E-state index in [0.717, 1.165) is 37.1 Å². The summed E-state index contributed by atoms with van der Waals surface area (Å²) < 4.78 is 33.0. The Balaban J connectivity index is 1.53. The summed E-state index contributed by atoms with van der Waals surface area (Å²) in [5, 5.41) is 11.9. The van der Waals surface area contributed by atoms with Crippen LogP contribution in [0.15, 0.2) is 47.4 Å². The molecule has 2 aliphatic rings. The minimum Gasteiger partial charge on any atom is -0.497 e. The highest BCUT2D eigenvalue weighted by Crippen LogP contribution is 2.33. The number of hydrogen-bond donors (Lipinski definition) is 0. The van der Waals surface area contributed by atoms with Gasteiger partial charge in [0.05, 0.1) is 16.9 Å². The third kappa shape index (κ3) is 5.06. The minimum atomic E-state index is -3.75. The van der Waals surface area contributed by atoms with E-state index in [1.165, 1.54) is 16.4 Å². The first-order valence-corrected chi connectivity index (χ1v) is 12.8. The van der Waals surface area contributed by atoms with E-state index in [1.807, 2.05) is 29.2 Å². The standard InChI is InChI=1S/C23H30N4O5S/c1-32-20-8-6-7-19(17-20)24-13-15-25(16-14-24)22-10-9-21(18-23(22)27(28)29)33(30,31)26-11-4-2-3-5-12-26/h6-10,17-18H,2-5,11-16H2,1H3. The maximum Gasteiger partial charge on any atom is 0.293 e. The predicted molar refractivity (Wildman–Crippen MR) is 128 cm³/mol. The fourth-order valence-electron chi connectivity index (χ4n) is 4.52. The molecule has 178 valence electrons. The monoisotopic (exact) mass is 474 g/mol. The molecule has 0 amide bonds. The largest absolute Gasteiger partial charge is 0.497 e. The van der Waals surface area contributed by atoms with E-state index in [4.69, 9.17) is 4.74 Å². The molecule has 10 heteroatoms. The van der Waals surface area contributed by atoms with Crippen molar-refractivity contribution in [2.24, 2.45) is 0 Å². The van der Waals surface area contributed by atoms with Crippen LogP contribution < -0.4 is 14.5 Å². The molecule has 2 fully saturated rings. The molecule has 9 nitrogen and oxygen atoms in total. The SMILES string of the molecule is COc1cccc(N2CCN(c3ccc(S(=O)(=O)N4CCCCCC4)cc3[N+](=O)[O-])CC2)c1. The topological polar surface area (TPSA) is 96.2 Å². The van der Waals surface area contributed by atoms with E-state index in [2.05, 4.69) is 4.90 Å². The van der Waals surface area contributed by atoms with Crippen LogP contribution in [0.3, 0.4) is 0 Å². The van der Waals surface area contributed by atoms with E-state index in [9.17, 15) is 18.5 Å². The molecule has 0 saturated carbocycles. The number of sulfonamides is 1. The van der Waals surface area contributed by atoms with Crippen molar-refractivity contribution < 1.29 is 18.1 Å². The van der Waals surface area contributed by atoms with E-state index in [-0.39, 0.29) is 10.6 Å². The summed E-state index contributed by atoms with van der Waals surface area (Å²) >= 11 is 0. The Morgan fingerprint density at radius 2 is 1.55 bits per heavy atom. The van der Waals surface area contributed by atoms with Crippen molar-refractivity contribution in [3.63, 3.8) is 0 Å². The first-order chi connectivity index (χ1) is 15.9.